The molecule has 1 aromatic heterocycles. The first-order valence-electron chi connectivity index (χ1n) is 11.9. The summed E-state index contributed by atoms with van der Waals surface area (Å²) in [6, 6.07) is 7.04. The van der Waals surface area contributed by atoms with Gasteiger partial charge in [0.15, 0.2) is 22.0 Å². The Bertz CT molecular complexity index is 1280. The number of carbonyl (C=O) groups is 2. The van der Waals surface area contributed by atoms with E-state index in [0.717, 1.165) is 5.56 Å². The fourth-order valence-corrected chi connectivity index (χ4v) is 6.94. The first-order valence-corrected chi connectivity index (χ1v) is 13.7. The van der Waals surface area contributed by atoms with Crippen molar-refractivity contribution in [3.05, 3.63) is 52.6 Å². The number of alkyl halides is 1. The second-order valence-electron chi connectivity index (χ2n) is 10.0. The van der Waals surface area contributed by atoms with Crippen LogP contribution in [-0.4, -0.2) is 81.9 Å². The van der Waals surface area contributed by atoms with Crippen LogP contribution in [0.3, 0.4) is 0 Å². The molecule has 1 aromatic carbocycles. The van der Waals surface area contributed by atoms with Gasteiger partial charge in [0.05, 0.1) is 22.3 Å². The zero-order valence-electron chi connectivity index (χ0n) is 20.6. The molecule has 2 amide bonds. The fraction of sp³-hybridized carbons (Fsp3) is 0.542. The Balaban J connectivity index is 1.43. The third kappa shape index (κ3) is 5.38. The third-order valence-electron chi connectivity index (χ3n) is 6.86. The van der Waals surface area contributed by atoms with Crippen LogP contribution >= 0.6 is 11.6 Å². The van der Waals surface area contributed by atoms with Gasteiger partial charge in [-0.1, -0.05) is 23.7 Å². The summed E-state index contributed by atoms with van der Waals surface area (Å²) in [6.45, 7) is 2.18. The lowest BCUT2D eigenvalue weighted by atomic mass is 10.2. The Morgan fingerprint density at radius 1 is 1.30 bits per heavy atom. The van der Waals surface area contributed by atoms with Crippen molar-refractivity contribution in [2.24, 2.45) is 0 Å². The molecule has 1 atom stereocenters. The molecule has 1 fully saturated rings. The summed E-state index contributed by atoms with van der Waals surface area (Å²) in [7, 11) is -3.82. The largest absolute Gasteiger partial charge is 0.366 e. The van der Waals surface area contributed by atoms with Crippen molar-refractivity contribution in [1.82, 2.24) is 19.8 Å². The zero-order valence-corrected chi connectivity index (χ0v) is 22.2. The number of aliphatic hydroxyl groups excluding tert-OH is 1. The number of ether oxygens (including phenoxy) is 1. The average Bonchev–Trinajstić information content (AvgIpc) is 3.53. The van der Waals surface area contributed by atoms with E-state index < -0.39 is 44.1 Å². The number of benzene rings is 1. The molecule has 0 saturated heterocycles. The van der Waals surface area contributed by atoms with Crippen LogP contribution in [-0.2, 0) is 27.7 Å². The molecule has 2 N–H and O–H groups in total. The van der Waals surface area contributed by atoms with Crippen LogP contribution in [0.4, 0.5) is 4.39 Å². The number of aromatic nitrogens is 2. The number of hydrogen-bond acceptors (Lipinski definition) is 7. The molecular formula is C24H30ClFN4O6S. The molecule has 202 valence electrons. The Hall–Kier alpha value is -2.54. The summed E-state index contributed by atoms with van der Waals surface area (Å²) in [5.74, 6) is -0.727. The maximum atomic E-state index is 13.5. The number of nitrogens with zero attached hydrogens (tertiary/aromatic N) is 3. The number of hydrogen-bond donors (Lipinski definition) is 2. The van der Waals surface area contributed by atoms with Crippen LogP contribution in [0.5, 0.6) is 0 Å². The van der Waals surface area contributed by atoms with E-state index in [1.54, 1.807) is 28.8 Å². The predicted molar refractivity (Wildman–Crippen MR) is 134 cm³/mol. The molecule has 0 spiro atoms. The van der Waals surface area contributed by atoms with Crippen LogP contribution in [0.25, 0.3) is 0 Å². The molecule has 2 aliphatic rings. The highest BCUT2D eigenvalue weighted by Crippen LogP contribution is 2.49. The first kappa shape index (κ1) is 27.5. The molecule has 2 heterocycles. The number of halogens is 2. The topological polar surface area (TPSA) is 131 Å². The Morgan fingerprint density at radius 3 is 2.59 bits per heavy atom. The van der Waals surface area contributed by atoms with Gasteiger partial charge in [-0.25, -0.2) is 17.8 Å². The fourth-order valence-electron chi connectivity index (χ4n) is 4.46. The SMILES string of the molecule is CC(C)(CO[C@@H](O)CF)S(=O)(=O)C1(CN2CCn3c(cnc3C(=O)NCc3ccc(Cl)cc3)C2=O)CC1. The van der Waals surface area contributed by atoms with Gasteiger partial charge < -0.3 is 24.6 Å². The maximum absolute atomic E-state index is 13.5. The number of amides is 2. The van der Waals surface area contributed by atoms with Gasteiger partial charge in [0, 0.05) is 31.2 Å². The van der Waals surface area contributed by atoms with Crippen LogP contribution in [0.15, 0.2) is 30.5 Å². The van der Waals surface area contributed by atoms with Gasteiger partial charge in [0.2, 0.25) is 0 Å². The number of nitrogens with one attached hydrogen (secondary N) is 1. The molecule has 1 saturated carbocycles. The Labute approximate surface area is 219 Å². The van der Waals surface area contributed by atoms with E-state index in [1.165, 1.54) is 24.9 Å². The number of imidazole rings is 1. The van der Waals surface area contributed by atoms with Crippen molar-refractivity contribution in [2.45, 2.75) is 55.6 Å². The van der Waals surface area contributed by atoms with E-state index >= 15 is 0 Å². The minimum atomic E-state index is -3.82. The number of sulfone groups is 1. The van der Waals surface area contributed by atoms with E-state index in [0.29, 0.717) is 17.9 Å². The first-order chi connectivity index (χ1) is 17.4. The number of carbonyl (C=O) groups excluding carboxylic acids is 2. The van der Waals surface area contributed by atoms with Crippen LogP contribution in [0.1, 0.15) is 53.4 Å². The van der Waals surface area contributed by atoms with Crippen LogP contribution in [0.2, 0.25) is 5.02 Å². The Kier molecular flexibility index (Phi) is 7.67. The van der Waals surface area contributed by atoms with Gasteiger partial charge in [-0.2, -0.15) is 0 Å². The van der Waals surface area contributed by atoms with Crippen molar-refractivity contribution in [1.29, 1.82) is 0 Å². The molecule has 4 rings (SSSR count). The van der Waals surface area contributed by atoms with E-state index in [9.17, 15) is 27.5 Å². The molecule has 10 nitrogen and oxygen atoms in total. The van der Waals surface area contributed by atoms with Crippen LogP contribution in [0, 0.1) is 0 Å². The van der Waals surface area contributed by atoms with E-state index in [-0.39, 0.29) is 44.3 Å². The van der Waals surface area contributed by atoms with Crippen molar-refractivity contribution >= 4 is 33.3 Å². The molecule has 1 aliphatic heterocycles. The van der Waals surface area contributed by atoms with Crippen LogP contribution < -0.4 is 5.32 Å². The van der Waals surface area contributed by atoms with Crippen molar-refractivity contribution in [3.8, 4) is 0 Å². The molecule has 0 radical (unpaired) electrons. The van der Waals surface area contributed by atoms with E-state index in [1.807, 2.05) is 0 Å². The normalized spacial score (nSPS) is 17.9. The highest BCUT2D eigenvalue weighted by atomic mass is 35.5. The Morgan fingerprint density at radius 2 is 1.97 bits per heavy atom. The third-order valence-corrected chi connectivity index (χ3v) is 10.4. The lowest BCUT2D eigenvalue weighted by Crippen LogP contribution is -2.52. The van der Waals surface area contributed by atoms with Crippen molar-refractivity contribution in [2.75, 3.05) is 26.4 Å². The molecule has 1 aliphatic carbocycles. The van der Waals surface area contributed by atoms with Gasteiger partial charge in [-0.05, 0) is 44.4 Å². The standard InChI is InChI=1S/C24H30ClFN4O6S/c1-23(2,15-36-19(31)11-26)37(34,35)24(7-8-24)14-29-9-10-30-18(22(29)33)13-27-20(30)21(32)28-12-16-3-5-17(25)6-4-16/h3-6,13,19,31H,7-12,14-15H2,1-2H3,(H,28,32)/t19-/m1/s1. The maximum Gasteiger partial charge on any atom is 0.287 e. The lowest BCUT2D eigenvalue weighted by Gasteiger charge is -2.35. The second kappa shape index (κ2) is 10.3. The van der Waals surface area contributed by atoms with Crippen molar-refractivity contribution in [3.63, 3.8) is 0 Å². The highest BCUT2D eigenvalue weighted by Gasteiger charge is 2.61. The highest BCUT2D eigenvalue weighted by molar-refractivity contribution is 7.94. The summed E-state index contributed by atoms with van der Waals surface area (Å²) < 4.78 is 43.5. The molecule has 0 bridgehead atoms. The number of aliphatic hydroxyl groups is 1. The lowest BCUT2D eigenvalue weighted by molar-refractivity contribution is -0.114. The monoisotopic (exact) mass is 556 g/mol. The molecule has 0 unspecified atom stereocenters. The summed E-state index contributed by atoms with van der Waals surface area (Å²) >= 11 is 5.89. The van der Waals surface area contributed by atoms with Gasteiger partial charge in [0.1, 0.15) is 12.4 Å². The van der Waals surface area contributed by atoms with Gasteiger partial charge >= 0.3 is 0 Å². The summed E-state index contributed by atoms with van der Waals surface area (Å²) in [6.07, 6.45) is 0.402. The number of fused-ring (bicyclic) bond motifs is 1. The second-order valence-corrected chi connectivity index (χ2v) is 13.4. The van der Waals surface area contributed by atoms with Crippen molar-refractivity contribution < 1.29 is 32.2 Å². The van der Waals surface area contributed by atoms with Gasteiger partial charge in [0.25, 0.3) is 11.8 Å². The molecule has 37 heavy (non-hydrogen) atoms. The number of rotatable bonds is 11. The summed E-state index contributed by atoms with van der Waals surface area (Å²) in [4.78, 5) is 31.6. The average molecular weight is 557 g/mol. The zero-order chi connectivity index (χ0) is 27.0. The molecular weight excluding hydrogens is 527 g/mol. The van der Waals surface area contributed by atoms with Gasteiger partial charge in [-0.3, -0.25) is 9.59 Å². The smallest absolute Gasteiger partial charge is 0.287 e. The van der Waals surface area contributed by atoms with E-state index in [4.69, 9.17) is 16.3 Å². The predicted octanol–water partition coefficient (Wildman–Crippen LogP) is 1.95. The minimum Gasteiger partial charge on any atom is -0.366 e. The quantitative estimate of drug-likeness (QED) is 0.404. The molecule has 13 heteroatoms. The summed E-state index contributed by atoms with van der Waals surface area (Å²) in [5.41, 5.74) is 1.07. The summed E-state index contributed by atoms with van der Waals surface area (Å²) in [5, 5.41) is 12.7. The minimum absolute atomic E-state index is 0.00740. The molecule has 2 aromatic rings. The van der Waals surface area contributed by atoms with E-state index in [2.05, 4.69) is 10.3 Å². The van der Waals surface area contributed by atoms with Gasteiger partial charge in [-0.15, -0.1) is 0 Å².